The van der Waals surface area contributed by atoms with Gasteiger partial charge in [-0.1, -0.05) is 19.1 Å². The molecule has 1 amide bonds. The zero-order valence-corrected chi connectivity index (χ0v) is 10.5. The molecule has 1 atom stereocenters. The van der Waals surface area contributed by atoms with Gasteiger partial charge in [0.25, 0.3) is 0 Å². The van der Waals surface area contributed by atoms with E-state index in [-0.39, 0.29) is 12.5 Å². The molecule has 5 nitrogen and oxygen atoms in total. The van der Waals surface area contributed by atoms with Gasteiger partial charge in [-0.25, -0.2) is 0 Å². The van der Waals surface area contributed by atoms with Crippen molar-refractivity contribution in [2.24, 2.45) is 5.92 Å². The first-order valence-corrected chi connectivity index (χ1v) is 5.72. The number of aliphatic carboxylic acids is 1. The molecule has 5 heteroatoms. The lowest BCUT2D eigenvalue weighted by molar-refractivity contribution is -0.141. The van der Waals surface area contributed by atoms with Crippen molar-refractivity contribution in [3.05, 3.63) is 41.5 Å². The maximum atomic E-state index is 11.4. The number of rotatable bonds is 5. The smallest absolute Gasteiger partial charge is 0.308 e. The zero-order valence-electron chi connectivity index (χ0n) is 10.5. The summed E-state index contributed by atoms with van der Waals surface area (Å²) in [4.78, 5) is 22.0. The Morgan fingerprint density at radius 2 is 2.26 bits per heavy atom. The Morgan fingerprint density at radius 3 is 2.89 bits per heavy atom. The van der Waals surface area contributed by atoms with E-state index >= 15 is 0 Å². The molecular formula is C14H14N2O3. The van der Waals surface area contributed by atoms with Crippen molar-refractivity contribution in [3.63, 3.8) is 0 Å². The van der Waals surface area contributed by atoms with E-state index in [2.05, 4.69) is 5.32 Å². The summed E-state index contributed by atoms with van der Waals surface area (Å²) in [6.45, 7) is 1.60. The van der Waals surface area contributed by atoms with Crippen LogP contribution in [0, 0.1) is 17.2 Å². The fraction of sp³-hybridized carbons (Fsp3) is 0.214. The van der Waals surface area contributed by atoms with Crippen LogP contribution in [0.5, 0.6) is 0 Å². The molecule has 1 aromatic carbocycles. The van der Waals surface area contributed by atoms with E-state index < -0.39 is 11.9 Å². The first-order chi connectivity index (χ1) is 9.02. The minimum Gasteiger partial charge on any atom is -0.481 e. The third-order valence-electron chi connectivity index (χ3n) is 2.45. The van der Waals surface area contributed by atoms with E-state index in [9.17, 15) is 9.59 Å². The molecule has 0 radical (unpaired) electrons. The number of nitrogens with one attached hydrogen (secondary N) is 1. The van der Waals surface area contributed by atoms with Gasteiger partial charge in [-0.15, -0.1) is 0 Å². The molecule has 0 aliphatic rings. The average Bonchev–Trinajstić information content (AvgIpc) is 2.42. The maximum Gasteiger partial charge on any atom is 0.308 e. The van der Waals surface area contributed by atoms with Gasteiger partial charge in [0.2, 0.25) is 5.91 Å². The fourth-order valence-corrected chi connectivity index (χ4v) is 1.28. The van der Waals surface area contributed by atoms with Crippen molar-refractivity contribution < 1.29 is 14.7 Å². The third kappa shape index (κ3) is 5.04. The molecule has 98 valence electrons. The van der Waals surface area contributed by atoms with Crippen LogP contribution in [0.4, 0.5) is 0 Å². The van der Waals surface area contributed by atoms with Gasteiger partial charge in [-0.05, 0) is 23.8 Å². The molecule has 0 spiro atoms. The van der Waals surface area contributed by atoms with Gasteiger partial charge >= 0.3 is 5.97 Å². The summed E-state index contributed by atoms with van der Waals surface area (Å²) in [6, 6.07) is 8.83. The van der Waals surface area contributed by atoms with Crippen molar-refractivity contribution >= 4 is 18.0 Å². The van der Waals surface area contributed by atoms with Crippen LogP contribution in [-0.2, 0) is 9.59 Å². The molecule has 0 aromatic heterocycles. The molecular weight excluding hydrogens is 244 g/mol. The molecule has 1 rings (SSSR count). The van der Waals surface area contributed by atoms with E-state index in [1.54, 1.807) is 30.3 Å². The van der Waals surface area contributed by atoms with Crippen LogP contribution in [0.1, 0.15) is 18.1 Å². The van der Waals surface area contributed by atoms with Crippen LogP contribution >= 0.6 is 0 Å². The zero-order chi connectivity index (χ0) is 14.3. The van der Waals surface area contributed by atoms with Crippen molar-refractivity contribution in [1.82, 2.24) is 5.32 Å². The highest BCUT2D eigenvalue weighted by atomic mass is 16.4. The Hall–Kier alpha value is -2.61. The summed E-state index contributed by atoms with van der Waals surface area (Å²) >= 11 is 0. The number of nitriles is 1. The van der Waals surface area contributed by atoms with Crippen LogP contribution in [0.15, 0.2) is 30.3 Å². The van der Waals surface area contributed by atoms with E-state index in [0.717, 1.165) is 5.56 Å². The lowest BCUT2D eigenvalue weighted by atomic mass is 10.1. The van der Waals surface area contributed by atoms with Crippen LogP contribution in [-0.4, -0.2) is 23.5 Å². The van der Waals surface area contributed by atoms with Crippen LogP contribution in [0.25, 0.3) is 6.08 Å². The monoisotopic (exact) mass is 258 g/mol. The standard InChI is InChI=1S/C14H14N2O3/c1-10(14(18)19)9-16-13(17)6-5-11-3-2-4-12(7-11)8-15/h2-7,10H,9H2,1H3,(H,16,17)(H,18,19). The van der Waals surface area contributed by atoms with Crippen LogP contribution < -0.4 is 5.32 Å². The lowest BCUT2D eigenvalue weighted by Crippen LogP contribution is -2.30. The number of carboxylic acid groups (broad SMARTS) is 1. The number of hydrogen-bond donors (Lipinski definition) is 2. The number of carbonyl (C=O) groups is 2. The number of carboxylic acids is 1. The number of carbonyl (C=O) groups excluding carboxylic acids is 1. The molecule has 0 heterocycles. The number of amides is 1. The molecule has 0 aliphatic carbocycles. The first kappa shape index (κ1) is 14.5. The highest BCUT2D eigenvalue weighted by Gasteiger charge is 2.10. The van der Waals surface area contributed by atoms with Gasteiger partial charge in [-0.3, -0.25) is 9.59 Å². The van der Waals surface area contributed by atoms with Gasteiger partial charge in [0.1, 0.15) is 0 Å². The van der Waals surface area contributed by atoms with Gasteiger partial charge < -0.3 is 10.4 Å². The van der Waals surface area contributed by atoms with Gasteiger partial charge in [0.15, 0.2) is 0 Å². The van der Waals surface area contributed by atoms with Crippen LogP contribution in [0.2, 0.25) is 0 Å². The number of benzene rings is 1. The predicted molar refractivity (Wildman–Crippen MR) is 70.0 cm³/mol. The van der Waals surface area contributed by atoms with E-state index in [0.29, 0.717) is 5.56 Å². The normalized spacial score (nSPS) is 11.8. The average molecular weight is 258 g/mol. The fourth-order valence-electron chi connectivity index (χ4n) is 1.28. The second-order valence-corrected chi connectivity index (χ2v) is 4.06. The Kier molecular flexibility index (Phi) is 5.30. The SMILES string of the molecule is CC(CNC(=O)C=Cc1cccc(C#N)c1)C(=O)O. The summed E-state index contributed by atoms with van der Waals surface area (Å²) in [7, 11) is 0. The van der Waals surface area contributed by atoms with Gasteiger partial charge in [0, 0.05) is 12.6 Å². The van der Waals surface area contributed by atoms with Crippen molar-refractivity contribution in [3.8, 4) is 6.07 Å². The summed E-state index contributed by atoms with van der Waals surface area (Å²) in [6.07, 6.45) is 2.88. The highest BCUT2D eigenvalue weighted by Crippen LogP contribution is 2.05. The predicted octanol–water partition coefficient (Wildman–Crippen LogP) is 1.41. The molecule has 0 fully saturated rings. The van der Waals surface area contributed by atoms with Crippen molar-refractivity contribution in [2.45, 2.75) is 6.92 Å². The van der Waals surface area contributed by atoms with E-state index in [4.69, 9.17) is 10.4 Å². The summed E-state index contributed by atoms with van der Waals surface area (Å²) in [5.74, 6) is -1.94. The van der Waals surface area contributed by atoms with Gasteiger partial charge in [-0.2, -0.15) is 5.26 Å². The molecule has 19 heavy (non-hydrogen) atoms. The molecule has 0 saturated heterocycles. The van der Waals surface area contributed by atoms with Crippen LogP contribution in [0.3, 0.4) is 0 Å². The van der Waals surface area contributed by atoms with E-state index in [1.807, 2.05) is 6.07 Å². The molecule has 1 unspecified atom stereocenters. The molecule has 0 aliphatic heterocycles. The van der Waals surface area contributed by atoms with E-state index in [1.165, 1.54) is 13.0 Å². The summed E-state index contributed by atoms with van der Waals surface area (Å²) < 4.78 is 0. The quantitative estimate of drug-likeness (QED) is 0.781. The lowest BCUT2D eigenvalue weighted by Gasteiger charge is -2.05. The second-order valence-electron chi connectivity index (χ2n) is 4.06. The molecule has 0 saturated carbocycles. The Balaban J connectivity index is 2.54. The minimum atomic E-state index is -0.953. The topological polar surface area (TPSA) is 90.2 Å². The second kappa shape index (κ2) is 6.97. The van der Waals surface area contributed by atoms with Gasteiger partial charge in [0.05, 0.1) is 17.6 Å². The molecule has 0 bridgehead atoms. The summed E-state index contributed by atoms with van der Waals surface area (Å²) in [5.41, 5.74) is 1.25. The molecule has 1 aromatic rings. The number of hydrogen-bond acceptors (Lipinski definition) is 3. The maximum absolute atomic E-state index is 11.4. The minimum absolute atomic E-state index is 0.0801. The Labute approximate surface area is 111 Å². The summed E-state index contributed by atoms with van der Waals surface area (Å²) in [5, 5.41) is 19.9. The third-order valence-corrected chi connectivity index (χ3v) is 2.45. The largest absolute Gasteiger partial charge is 0.481 e. The van der Waals surface area contributed by atoms with Crippen molar-refractivity contribution in [2.75, 3.05) is 6.54 Å². The Bertz CT molecular complexity index is 544. The van der Waals surface area contributed by atoms with Crippen molar-refractivity contribution in [1.29, 1.82) is 5.26 Å². The number of nitrogens with zero attached hydrogens (tertiary/aromatic N) is 1. The highest BCUT2D eigenvalue weighted by molar-refractivity contribution is 5.92. The Morgan fingerprint density at radius 1 is 1.53 bits per heavy atom. The molecule has 2 N–H and O–H groups in total. The first-order valence-electron chi connectivity index (χ1n) is 5.72.